The first kappa shape index (κ1) is 19.8. The van der Waals surface area contributed by atoms with E-state index in [0.29, 0.717) is 30.2 Å². The lowest BCUT2D eigenvalue weighted by Gasteiger charge is -2.32. The summed E-state index contributed by atoms with van der Waals surface area (Å²) in [6, 6.07) is 14.6. The second kappa shape index (κ2) is 8.86. The van der Waals surface area contributed by atoms with Crippen molar-refractivity contribution in [2.24, 2.45) is 0 Å². The van der Waals surface area contributed by atoms with Gasteiger partial charge in [0.05, 0.1) is 23.8 Å². The molecule has 1 unspecified atom stereocenters. The van der Waals surface area contributed by atoms with Gasteiger partial charge in [-0.05, 0) is 17.7 Å². The number of nitro benzene ring substituents is 1. The number of nitro groups is 1. The Morgan fingerprint density at radius 2 is 2.07 bits per heavy atom. The van der Waals surface area contributed by atoms with Crippen LogP contribution in [0.3, 0.4) is 0 Å². The number of oxazole rings is 1. The number of hydrogen-bond acceptors (Lipinski definition) is 6. The summed E-state index contributed by atoms with van der Waals surface area (Å²) in [6.45, 7) is 3.18. The number of morpholine rings is 1. The van der Waals surface area contributed by atoms with Crippen LogP contribution in [-0.2, 0) is 11.2 Å². The molecule has 0 amide bonds. The smallest absolute Gasteiger partial charge is 0.270 e. The van der Waals surface area contributed by atoms with Crippen molar-refractivity contribution in [3.63, 3.8) is 0 Å². The lowest BCUT2D eigenvalue weighted by Crippen LogP contribution is -2.39. The van der Waals surface area contributed by atoms with E-state index in [1.165, 1.54) is 17.7 Å². The number of hydrogen-bond donors (Lipinski definition) is 0. The number of nitrogens with zero attached hydrogens (tertiary/aromatic N) is 3. The lowest BCUT2D eigenvalue weighted by molar-refractivity contribution is -0.384. The first-order valence-corrected chi connectivity index (χ1v) is 10.2. The number of halogens is 1. The first-order valence-electron chi connectivity index (χ1n) is 9.37. The van der Waals surface area contributed by atoms with E-state index in [1.54, 1.807) is 18.3 Å². The van der Waals surface area contributed by atoms with Crippen LogP contribution in [-0.4, -0.2) is 41.0 Å². The largest absolute Gasteiger partial charge is 0.441 e. The van der Waals surface area contributed by atoms with Crippen molar-refractivity contribution in [2.75, 3.05) is 26.2 Å². The standard InChI is InChI=1S/C21H20BrN3O4/c22-17-6-4-15(5-7-17)20-14-24(10-11-28-20)9-8-21-23-13-19(29-21)16-2-1-3-18(12-16)25(26)27/h1-7,12-13,20H,8-11,14H2. The third-order valence-electron chi connectivity index (χ3n) is 4.93. The van der Waals surface area contributed by atoms with Gasteiger partial charge >= 0.3 is 0 Å². The van der Waals surface area contributed by atoms with Crippen LogP contribution >= 0.6 is 15.9 Å². The third-order valence-corrected chi connectivity index (χ3v) is 5.46. The van der Waals surface area contributed by atoms with Crippen LogP contribution in [0.15, 0.2) is 63.6 Å². The maximum atomic E-state index is 11.0. The maximum Gasteiger partial charge on any atom is 0.270 e. The Morgan fingerprint density at radius 3 is 2.86 bits per heavy atom. The summed E-state index contributed by atoms with van der Waals surface area (Å²) >= 11 is 3.46. The summed E-state index contributed by atoms with van der Waals surface area (Å²) in [4.78, 5) is 17.2. The number of aromatic nitrogens is 1. The van der Waals surface area contributed by atoms with Gasteiger partial charge in [0.25, 0.3) is 5.69 Å². The molecular formula is C21H20BrN3O4. The van der Waals surface area contributed by atoms with Crippen LogP contribution in [0.4, 0.5) is 5.69 Å². The quantitative estimate of drug-likeness (QED) is 0.396. The topological polar surface area (TPSA) is 81.6 Å². The molecule has 1 aliphatic heterocycles. The van der Waals surface area contributed by atoms with Crippen LogP contribution in [0.1, 0.15) is 17.6 Å². The van der Waals surface area contributed by atoms with E-state index in [0.717, 1.165) is 24.1 Å². The molecule has 0 aliphatic carbocycles. The van der Waals surface area contributed by atoms with Crippen LogP contribution < -0.4 is 0 Å². The molecule has 2 aromatic carbocycles. The molecule has 150 valence electrons. The van der Waals surface area contributed by atoms with E-state index in [9.17, 15) is 10.1 Å². The molecule has 0 spiro atoms. The van der Waals surface area contributed by atoms with Gasteiger partial charge in [-0.3, -0.25) is 15.0 Å². The first-order chi connectivity index (χ1) is 14.1. The van der Waals surface area contributed by atoms with E-state index >= 15 is 0 Å². The maximum absolute atomic E-state index is 11.0. The summed E-state index contributed by atoms with van der Waals surface area (Å²) in [5.41, 5.74) is 1.86. The average molecular weight is 458 g/mol. The van der Waals surface area contributed by atoms with E-state index < -0.39 is 4.92 Å². The highest BCUT2D eigenvalue weighted by atomic mass is 79.9. The van der Waals surface area contributed by atoms with E-state index in [-0.39, 0.29) is 11.8 Å². The highest BCUT2D eigenvalue weighted by Crippen LogP contribution is 2.26. The van der Waals surface area contributed by atoms with Crippen LogP contribution in [0, 0.1) is 10.1 Å². The van der Waals surface area contributed by atoms with Crippen molar-refractivity contribution in [1.82, 2.24) is 9.88 Å². The Bertz CT molecular complexity index is 990. The molecule has 1 aliphatic rings. The van der Waals surface area contributed by atoms with Crippen molar-refractivity contribution in [1.29, 1.82) is 0 Å². The fourth-order valence-corrected chi connectivity index (χ4v) is 3.63. The molecule has 7 nitrogen and oxygen atoms in total. The highest BCUT2D eigenvalue weighted by molar-refractivity contribution is 9.10. The second-order valence-electron chi connectivity index (χ2n) is 6.89. The minimum Gasteiger partial charge on any atom is -0.441 e. The normalized spacial score (nSPS) is 17.3. The van der Waals surface area contributed by atoms with Gasteiger partial charge in [-0.15, -0.1) is 0 Å². The van der Waals surface area contributed by atoms with Crippen molar-refractivity contribution >= 4 is 21.6 Å². The van der Waals surface area contributed by atoms with Gasteiger partial charge in [-0.2, -0.15) is 0 Å². The average Bonchev–Trinajstić information content (AvgIpc) is 3.22. The number of rotatable bonds is 6. The number of benzene rings is 2. The van der Waals surface area contributed by atoms with E-state index in [4.69, 9.17) is 9.15 Å². The number of ether oxygens (including phenoxy) is 1. The van der Waals surface area contributed by atoms with Crippen molar-refractivity contribution < 1.29 is 14.1 Å². The number of non-ortho nitro benzene ring substituents is 1. The van der Waals surface area contributed by atoms with Gasteiger partial charge in [0.1, 0.15) is 0 Å². The molecule has 4 rings (SSSR count). The lowest BCUT2D eigenvalue weighted by atomic mass is 10.1. The molecule has 1 aromatic heterocycles. The van der Waals surface area contributed by atoms with Crippen LogP contribution in [0.5, 0.6) is 0 Å². The molecule has 1 atom stereocenters. The highest BCUT2D eigenvalue weighted by Gasteiger charge is 2.22. The monoisotopic (exact) mass is 457 g/mol. The van der Waals surface area contributed by atoms with Gasteiger partial charge in [-0.1, -0.05) is 40.2 Å². The van der Waals surface area contributed by atoms with Gasteiger partial charge in [-0.25, -0.2) is 4.98 Å². The predicted molar refractivity (Wildman–Crippen MR) is 112 cm³/mol. The summed E-state index contributed by atoms with van der Waals surface area (Å²) in [6.07, 6.45) is 2.35. The third kappa shape index (κ3) is 4.90. The minimum absolute atomic E-state index is 0.0350. The summed E-state index contributed by atoms with van der Waals surface area (Å²) in [7, 11) is 0. The van der Waals surface area contributed by atoms with Gasteiger partial charge in [0.15, 0.2) is 11.7 Å². The molecule has 29 heavy (non-hydrogen) atoms. The Kier molecular flexibility index (Phi) is 6.03. The van der Waals surface area contributed by atoms with Gasteiger partial charge in [0.2, 0.25) is 0 Å². The zero-order chi connectivity index (χ0) is 20.2. The molecule has 3 aromatic rings. The van der Waals surface area contributed by atoms with Crippen molar-refractivity contribution in [2.45, 2.75) is 12.5 Å². The molecule has 0 bridgehead atoms. The zero-order valence-corrected chi connectivity index (χ0v) is 17.2. The second-order valence-corrected chi connectivity index (χ2v) is 7.80. The summed E-state index contributed by atoms with van der Waals surface area (Å²) in [5.74, 6) is 1.16. The Morgan fingerprint density at radius 1 is 1.24 bits per heavy atom. The Labute approximate surface area is 176 Å². The molecule has 0 N–H and O–H groups in total. The SMILES string of the molecule is O=[N+]([O-])c1cccc(-c2cnc(CCN3CCOC(c4ccc(Br)cc4)C3)o2)c1. The van der Waals surface area contributed by atoms with Crippen LogP contribution in [0.2, 0.25) is 0 Å². The molecule has 1 fully saturated rings. The zero-order valence-electron chi connectivity index (χ0n) is 15.7. The fourth-order valence-electron chi connectivity index (χ4n) is 3.37. The molecule has 0 radical (unpaired) electrons. The molecule has 8 heteroatoms. The molecule has 1 saturated heterocycles. The van der Waals surface area contributed by atoms with Crippen molar-refractivity contribution in [3.8, 4) is 11.3 Å². The van der Waals surface area contributed by atoms with Gasteiger partial charge in [0, 0.05) is 48.2 Å². The molecular weight excluding hydrogens is 438 g/mol. The summed E-state index contributed by atoms with van der Waals surface area (Å²) < 4.78 is 12.8. The van der Waals surface area contributed by atoms with Crippen molar-refractivity contribution in [3.05, 3.63) is 80.8 Å². The Balaban J connectivity index is 1.36. The molecule has 0 saturated carbocycles. The fraction of sp³-hybridized carbons (Fsp3) is 0.286. The Hall–Kier alpha value is -2.55. The van der Waals surface area contributed by atoms with Crippen LogP contribution in [0.25, 0.3) is 11.3 Å². The summed E-state index contributed by atoms with van der Waals surface area (Å²) in [5, 5.41) is 11.0. The van der Waals surface area contributed by atoms with E-state index in [2.05, 4.69) is 37.9 Å². The molecule has 2 heterocycles. The predicted octanol–water partition coefficient (Wildman–Crippen LogP) is 4.63. The minimum atomic E-state index is -0.416. The van der Waals surface area contributed by atoms with E-state index in [1.807, 2.05) is 12.1 Å². The van der Waals surface area contributed by atoms with Gasteiger partial charge < -0.3 is 9.15 Å².